The number of rotatable bonds is 7. The summed E-state index contributed by atoms with van der Waals surface area (Å²) in [6.45, 7) is 4.42. The van der Waals surface area contributed by atoms with Crippen LogP contribution in [0.3, 0.4) is 0 Å². The van der Waals surface area contributed by atoms with Gasteiger partial charge in [0.2, 0.25) is 0 Å². The van der Waals surface area contributed by atoms with Crippen molar-refractivity contribution in [3.05, 3.63) is 40.9 Å². The highest BCUT2D eigenvalue weighted by molar-refractivity contribution is 7.15. The molecule has 0 saturated carbocycles. The van der Waals surface area contributed by atoms with Gasteiger partial charge in [0, 0.05) is 17.6 Å². The van der Waals surface area contributed by atoms with E-state index in [-0.39, 0.29) is 0 Å². The lowest BCUT2D eigenvalue weighted by Crippen LogP contribution is -2.16. The summed E-state index contributed by atoms with van der Waals surface area (Å²) < 4.78 is 5.60. The monoisotopic (exact) mass is 277 g/mol. The maximum absolute atomic E-state index is 5.60. The summed E-state index contributed by atoms with van der Waals surface area (Å²) in [4.78, 5) is 5.19. The van der Waals surface area contributed by atoms with E-state index in [0.717, 1.165) is 30.1 Å². The number of nitrogens with one attached hydrogen (secondary N) is 1. The molecule has 0 unspecified atom stereocenters. The van der Waals surface area contributed by atoms with Crippen LogP contribution in [-0.2, 0) is 13.0 Å². The largest absolute Gasteiger partial charge is 0.494 e. The fourth-order valence-electron chi connectivity index (χ4n) is 1.85. The van der Waals surface area contributed by atoms with Gasteiger partial charge in [-0.25, -0.2) is 4.98 Å². The van der Waals surface area contributed by atoms with Crippen molar-refractivity contribution in [2.45, 2.75) is 19.9 Å². The number of anilines is 1. The first kappa shape index (κ1) is 13.8. The van der Waals surface area contributed by atoms with E-state index in [9.17, 15) is 0 Å². The molecule has 102 valence electrons. The van der Waals surface area contributed by atoms with Crippen molar-refractivity contribution in [3.8, 4) is 5.75 Å². The molecular formula is C14H19N3OS. The number of ether oxygens (including phenoxy) is 1. The van der Waals surface area contributed by atoms with Crippen LogP contribution in [0.2, 0.25) is 0 Å². The predicted molar refractivity (Wildman–Crippen MR) is 79.5 cm³/mol. The number of nitrogens with two attached hydrogens (primary N) is 1. The molecule has 2 aromatic rings. The molecule has 0 amide bonds. The van der Waals surface area contributed by atoms with E-state index in [1.54, 1.807) is 0 Å². The van der Waals surface area contributed by atoms with Gasteiger partial charge in [0.15, 0.2) is 5.13 Å². The van der Waals surface area contributed by atoms with Crippen LogP contribution in [0.15, 0.2) is 30.5 Å². The molecule has 0 aliphatic rings. The van der Waals surface area contributed by atoms with E-state index in [1.807, 2.05) is 31.3 Å². The van der Waals surface area contributed by atoms with Crippen LogP contribution >= 0.6 is 11.3 Å². The van der Waals surface area contributed by atoms with Gasteiger partial charge in [-0.15, -0.1) is 11.3 Å². The van der Waals surface area contributed by atoms with Crippen LogP contribution in [0, 0.1) is 0 Å². The van der Waals surface area contributed by atoms with E-state index in [2.05, 4.69) is 16.4 Å². The zero-order valence-corrected chi connectivity index (χ0v) is 11.9. The minimum Gasteiger partial charge on any atom is -0.494 e. The van der Waals surface area contributed by atoms with E-state index < -0.39 is 0 Å². The second-order valence-electron chi connectivity index (χ2n) is 4.13. The van der Waals surface area contributed by atoms with Gasteiger partial charge in [-0.05, 0) is 31.5 Å². The van der Waals surface area contributed by atoms with Crippen molar-refractivity contribution in [2.75, 3.05) is 18.9 Å². The van der Waals surface area contributed by atoms with Gasteiger partial charge in [-0.3, -0.25) is 0 Å². The predicted octanol–water partition coefficient (Wildman–Crippen LogP) is 2.46. The number of nitrogens with zero attached hydrogens (tertiary/aromatic N) is 1. The lowest BCUT2D eigenvalue weighted by Gasteiger charge is -2.10. The molecule has 0 atom stereocenters. The minimum atomic E-state index is 0.624. The highest BCUT2D eigenvalue weighted by atomic mass is 32.1. The molecule has 1 heterocycles. The van der Waals surface area contributed by atoms with Crippen LogP contribution in [0.4, 0.5) is 5.13 Å². The molecule has 0 aliphatic carbocycles. The van der Waals surface area contributed by atoms with Crippen LogP contribution < -0.4 is 15.8 Å². The molecule has 1 aromatic heterocycles. The fourth-order valence-corrected chi connectivity index (χ4v) is 2.50. The van der Waals surface area contributed by atoms with Gasteiger partial charge in [0.05, 0.1) is 6.61 Å². The third-order valence-electron chi connectivity index (χ3n) is 2.71. The quantitative estimate of drug-likeness (QED) is 0.763. The van der Waals surface area contributed by atoms with E-state index >= 15 is 0 Å². The van der Waals surface area contributed by atoms with E-state index in [0.29, 0.717) is 11.7 Å². The molecule has 0 spiro atoms. The van der Waals surface area contributed by atoms with Crippen LogP contribution in [0.5, 0.6) is 5.75 Å². The molecule has 0 bridgehead atoms. The maximum atomic E-state index is 5.60. The molecule has 1 aromatic carbocycles. The Morgan fingerprint density at radius 3 is 2.95 bits per heavy atom. The highest BCUT2D eigenvalue weighted by Crippen LogP contribution is 2.18. The molecular weight excluding hydrogens is 258 g/mol. The molecule has 5 heteroatoms. The molecule has 0 radical (unpaired) electrons. The van der Waals surface area contributed by atoms with Crippen molar-refractivity contribution in [1.82, 2.24) is 10.3 Å². The SMILES string of the molecule is CCOc1ccccc1CCNCc1cnc(N)s1. The van der Waals surface area contributed by atoms with Crippen molar-refractivity contribution < 1.29 is 4.74 Å². The highest BCUT2D eigenvalue weighted by Gasteiger charge is 2.02. The Bertz CT molecular complexity index is 513. The first-order valence-electron chi connectivity index (χ1n) is 6.41. The van der Waals surface area contributed by atoms with E-state index in [4.69, 9.17) is 10.5 Å². The maximum Gasteiger partial charge on any atom is 0.180 e. The normalized spacial score (nSPS) is 10.6. The Morgan fingerprint density at radius 1 is 1.37 bits per heavy atom. The Balaban J connectivity index is 1.79. The molecule has 0 saturated heterocycles. The molecule has 0 fully saturated rings. The second kappa shape index (κ2) is 7.11. The fraction of sp³-hybridized carbons (Fsp3) is 0.357. The van der Waals surface area contributed by atoms with Crippen molar-refractivity contribution in [2.24, 2.45) is 0 Å². The second-order valence-corrected chi connectivity index (χ2v) is 5.28. The topological polar surface area (TPSA) is 60.2 Å². The number of benzene rings is 1. The van der Waals surface area contributed by atoms with Gasteiger partial charge in [-0.1, -0.05) is 18.2 Å². The summed E-state index contributed by atoms with van der Waals surface area (Å²) in [6, 6.07) is 8.17. The van der Waals surface area contributed by atoms with Gasteiger partial charge in [0.1, 0.15) is 5.75 Å². The van der Waals surface area contributed by atoms with Crippen molar-refractivity contribution >= 4 is 16.5 Å². The summed E-state index contributed by atoms with van der Waals surface area (Å²) in [6.07, 6.45) is 2.77. The summed E-state index contributed by atoms with van der Waals surface area (Å²) in [5.41, 5.74) is 6.83. The number of para-hydroxylation sites is 1. The zero-order chi connectivity index (χ0) is 13.5. The molecule has 3 N–H and O–H groups in total. The minimum absolute atomic E-state index is 0.624. The molecule has 19 heavy (non-hydrogen) atoms. The summed E-state index contributed by atoms with van der Waals surface area (Å²) >= 11 is 1.52. The lowest BCUT2D eigenvalue weighted by atomic mass is 10.1. The zero-order valence-electron chi connectivity index (χ0n) is 11.1. The van der Waals surface area contributed by atoms with Crippen LogP contribution in [0.1, 0.15) is 17.4 Å². The summed E-state index contributed by atoms with van der Waals surface area (Å²) in [7, 11) is 0. The Morgan fingerprint density at radius 2 is 2.21 bits per heavy atom. The first-order valence-corrected chi connectivity index (χ1v) is 7.23. The van der Waals surface area contributed by atoms with E-state index in [1.165, 1.54) is 16.9 Å². The summed E-state index contributed by atoms with van der Waals surface area (Å²) in [5, 5.41) is 4.02. The molecule has 4 nitrogen and oxygen atoms in total. The van der Waals surface area contributed by atoms with Crippen LogP contribution in [-0.4, -0.2) is 18.1 Å². The lowest BCUT2D eigenvalue weighted by molar-refractivity contribution is 0.336. The number of thiazole rings is 1. The number of hydrogen-bond acceptors (Lipinski definition) is 5. The Hall–Kier alpha value is -1.59. The Kier molecular flexibility index (Phi) is 5.18. The molecule has 0 aliphatic heterocycles. The number of hydrogen-bond donors (Lipinski definition) is 2. The van der Waals surface area contributed by atoms with Gasteiger partial charge < -0.3 is 15.8 Å². The number of nitrogen functional groups attached to an aromatic ring is 1. The average molecular weight is 277 g/mol. The van der Waals surface area contributed by atoms with Crippen molar-refractivity contribution in [1.29, 1.82) is 0 Å². The standard InChI is InChI=1S/C14H19N3OS/c1-2-18-13-6-4-3-5-11(13)7-8-16-9-12-10-17-14(15)19-12/h3-6,10,16H,2,7-9H2,1H3,(H2,15,17). The first-order chi connectivity index (χ1) is 9.29. The Labute approximate surface area is 117 Å². The molecule has 2 rings (SSSR count). The summed E-state index contributed by atoms with van der Waals surface area (Å²) in [5.74, 6) is 0.980. The third-order valence-corrected chi connectivity index (χ3v) is 3.54. The van der Waals surface area contributed by atoms with Gasteiger partial charge in [-0.2, -0.15) is 0 Å². The van der Waals surface area contributed by atoms with Crippen molar-refractivity contribution in [3.63, 3.8) is 0 Å². The average Bonchev–Trinajstić information content (AvgIpc) is 2.83. The smallest absolute Gasteiger partial charge is 0.180 e. The number of aromatic nitrogens is 1. The van der Waals surface area contributed by atoms with Crippen LogP contribution in [0.25, 0.3) is 0 Å². The van der Waals surface area contributed by atoms with Gasteiger partial charge in [0.25, 0.3) is 0 Å². The third kappa shape index (κ3) is 4.22. The van der Waals surface area contributed by atoms with Gasteiger partial charge >= 0.3 is 0 Å².